The van der Waals surface area contributed by atoms with Gasteiger partial charge in [0.1, 0.15) is 11.5 Å². The molecule has 0 atom stereocenters. The Balaban J connectivity index is 2.19. The molecule has 2 rings (SSSR count). The Morgan fingerprint density at radius 2 is 1.86 bits per heavy atom. The van der Waals surface area contributed by atoms with Gasteiger partial charge in [0, 0.05) is 11.6 Å². The van der Waals surface area contributed by atoms with Crippen molar-refractivity contribution in [1.82, 2.24) is 0 Å². The van der Waals surface area contributed by atoms with E-state index < -0.39 is 5.78 Å². The van der Waals surface area contributed by atoms with E-state index >= 15 is 0 Å². The van der Waals surface area contributed by atoms with Crippen LogP contribution in [0.3, 0.4) is 0 Å². The third kappa shape index (κ3) is 4.12. The third-order valence-corrected chi connectivity index (χ3v) is 2.68. The molecular formula is C18H16O3. The van der Waals surface area contributed by atoms with E-state index in [1.165, 1.54) is 12.1 Å². The first-order valence-corrected chi connectivity index (χ1v) is 6.67. The minimum absolute atomic E-state index is 0.00354. The first kappa shape index (κ1) is 14.7. The quantitative estimate of drug-likeness (QED) is 0.692. The number of phenols is 1. The number of phenolic OH excluding ortho intramolecular Hbond substituents is 1. The summed E-state index contributed by atoms with van der Waals surface area (Å²) >= 11 is 0. The second-order valence-corrected chi connectivity index (χ2v) is 4.79. The van der Waals surface area contributed by atoms with E-state index in [1.807, 2.05) is 44.2 Å². The molecule has 0 radical (unpaired) electrons. The molecular weight excluding hydrogens is 264 g/mol. The fourth-order valence-corrected chi connectivity index (χ4v) is 1.77. The molecule has 3 heteroatoms. The Kier molecular flexibility index (Phi) is 4.63. The van der Waals surface area contributed by atoms with E-state index in [4.69, 9.17) is 4.74 Å². The summed E-state index contributed by atoms with van der Waals surface area (Å²) < 4.78 is 5.45. The minimum Gasteiger partial charge on any atom is -0.507 e. The van der Waals surface area contributed by atoms with Crippen LogP contribution in [-0.2, 0) is 0 Å². The van der Waals surface area contributed by atoms with Gasteiger partial charge in [0.15, 0.2) is 0 Å². The summed E-state index contributed by atoms with van der Waals surface area (Å²) in [7, 11) is 0. The van der Waals surface area contributed by atoms with E-state index in [0.29, 0.717) is 5.75 Å². The number of hydrogen-bond donors (Lipinski definition) is 1. The first-order chi connectivity index (χ1) is 10.1. The van der Waals surface area contributed by atoms with Crippen molar-refractivity contribution in [3.8, 4) is 23.3 Å². The number of Topliss-reactive ketones (excluding diaryl/α,β-unsaturated/α-hetero) is 1. The van der Waals surface area contributed by atoms with E-state index in [0.717, 1.165) is 5.56 Å². The highest BCUT2D eigenvalue weighted by atomic mass is 16.5. The molecule has 0 fully saturated rings. The zero-order chi connectivity index (χ0) is 15.2. The second-order valence-electron chi connectivity index (χ2n) is 4.79. The number of hydrogen-bond acceptors (Lipinski definition) is 3. The molecule has 0 aromatic heterocycles. The number of benzene rings is 2. The normalized spacial score (nSPS) is 9.86. The number of aromatic hydroxyl groups is 1. The third-order valence-electron chi connectivity index (χ3n) is 2.68. The van der Waals surface area contributed by atoms with Crippen LogP contribution >= 0.6 is 0 Å². The van der Waals surface area contributed by atoms with E-state index in [9.17, 15) is 9.90 Å². The van der Waals surface area contributed by atoms with Crippen LogP contribution in [0.5, 0.6) is 11.5 Å². The molecule has 1 N–H and O–H groups in total. The van der Waals surface area contributed by atoms with Crippen molar-refractivity contribution in [1.29, 1.82) is 0 Å². The van der Waals surface area contributed by atoms with Gasteiger partial charge < -0.3 is 9.84 Å². The van der Waals surface area contributed by atoms with Crippen LogP contribution in [0.15, 0.2) is 48.5 Å². The summed E-state index contributed by atoms with van der Waals surface area (Å²) in [6.45, 7) is 3.78. The van der Waals surface area contributed by atoms with Crippen molar-refractivity contribution in [2.75, 3.05) is 0 Å². The maximum absolute atomic E-state index is 12.0. The van der Waals surface area contributed by atoms with Gasteiger partial charge in [-0.25, -0.2) is 0 Å². The lowest BCUT2D eigenvalue weighted by Gasteiger charge is -2.10. The Morgan fingerprint density at radius 1 is 1.14 bits per heavy atom. The summed E-state index contributed by atoms with van der Waals surface area (Å²) in [5, 5.41) is 9.90. The van der Waals surface area contributed by atoms with E-state index in [1.54, 1.807) is 6.07 Å². The zero-order valence-electron chi connectivity index (χ0n) is 12.0. The van der Waals surface area contributed by atoms with Gasteiger partial charge >= 0.3 is 0 Å². The predicted molar refractivity (Wildman–Crippen MR) is 81.5 cm³/mol. The number of rotatable bonds is 3. The van der Waals surface area contributed by atoms with Gasteiger partial charge in [-0.1, -0.05) is 24.1 Å². The van der Waals surface area contributed by atoms with Gasteiger partial charge in [0.2, 0.25) is 5.78 Å². The largest absolute Gasteiger partial charge is 0.507 e. The molecule has 106 valence electrons. The van der Waals surface area contributed by atoms with Crippen LogP contribution < -0.4 is 4.74 Å². The Labute approximate surface area is 124 Å². The fraction of sp³-hybridized carbons (Fsp3) is 0.167. The topological polar surface area (TPSA) is 46.5 Å². The van der Waals surface area contributed by atoms with Crippen LogP contribution in [-0.4, -0.2) is 17.0 Å². The highest BCUT2D eigenvalue weighted by Gasteiger charge is 2.10. The summed E-state index contributed by atoms with van der Waals surface area (Å²) in [4.78, 5) is 12.0. The van der Waals surface area contributed by atoms with E-state index in [-0.39, 0.29) is 17.4 Å². The fourth-order valence-electron chi connectivity index (χ4n) is 1.77. The molecule has 0 spiro atoms. The molecule has 21 heavy (non-hydrogen) atoms. The number of carbonyl (C=O) groups is 1. The van der Waals surface area contributed by atoms with Crippen LogP contribution in [0.2, 0.25) is 0 Å². The highest BCUT2D eigenvalue weighted by molar-refractivity contribution is 6.11. The molecule has 0 bridgehead atoms. The van der Waals surface area contributed by atoms with Crippen LogP contribution in [0.4, 0.5) is 0 Å². The molecule has 2 aromatic rings. The van der Waals surface area contributed by atoms with Crippen LogP contribution in [0, 0.1) is 11.8 Å². The Hall–Kier alpha value is -2.73. The van der Waals surface area contributed by atoms with Crippen molar-refractivity contribution in [2.24, 2.45) is 0 Å². The van der Waals surface area contributed by atoms with Crippen molar-refractivity contribution >= 4 is 5.78 Å². The van der Waals surface area contributed by atoms with Gasteiger partial charge in [-0.3, -0.25) is 4.79 Å². The minimum atomic E-state index is -0.424. The van der Waals surface area contributed by atoms with Crippen molar-refractivity contribution in [3.63, 3.8) is 0 Å². The summed E-state index contributed by atoms with van der Waals surface area (Å²) in [5.41, 5.74) is 0.930. The van der Waals surface area contributed by atoms with Crippen molar-refractivity contribution in [2.45, 2.75) is 20.0 Å². The Morgan fingerprint density at radius 3 is 2.48 bits per heavy atom. The van der Waals surface area contributed by atoms with Crippen molar-refractivity contribution < 1.29 is 14.6 Å². The maximum Gasteiger partial charge on any atom is 0.239 e. The zero-order valence-corrected chi connectivity index (χ0v) is 12.0. The van der Waals surface area contributed by atoms with Gasteiger partial charge in [-0.2, -0.15) is 0 Å². The molecule has 2 aromatic carbocycles. The molecule has 0 unspecified atom stereocenters. The molecule has 0 saturated carbocycles. The lowest BCUT2D eigenvalue weighted by Crippen LogP contribution is -2.06. The summed E-state index contributed by atoms with van der Waals surface area (Å²) in [5.74, 6) is 5.28. The molecule has 0 heterocycles. The van der Waals surface area contributed by atoms with Crippen LogP contribution in [0.1, 0.15) is 29.8 Å². The first-order valence-electron chi connectivity index (χ1n) is 6.67. The lowest BCUT2D eigenvalue weighted by molar-refractivity contribution is 0.105. The summed E-state index contributed by atoms with van der Waals surface area (Å²) in [6, 6.07) is 13.8. The van der Waals surface area contributed by atoms with Gasteiger partial charge in [0.05, 0.1) is 11.7 Å². The SMILES string of the molecule is CC(C)Oc1ccc(C(=O)C#Cc2ccccc2)c(O)c1. The number of ether oxygens (including phenoxy) is 1. The predicted octanol–water partition coefficient (Wildman–Crippen LogP) is 3.41. The average Bonchev–Trinajstić information content (AvgIpc) is 2.45. The monoisotopic (exact) mass is 280 g/mol. The Bertz CT molecular complexity index is 691. The van der Waals surface area contributed by atoms with E-state index in [2.05, 4.69) is 11.8 Å². The van der Waals surface area contributed by atoms with Crippen molar-refractivity contribution in [3.05, 3.63) is 59.7 Å². The standard InChI is InChI=1S/C18H16O3/c1-13(2)21-15-9-10-16(18(20)12-15)17(19)11-8-14-6-4-3-5-7-14/h3-7,9-10,12-13,20H,1-2H3. The summed E-state index contributed by atoms with van der Waals surface area (Å²) in [6.07, 6.45) is 0.00354. The number of carbonyl (C=O) groups excluding carboxylic acids is 1. The second kappa shape index (κ2) is 6.62. The molecule has 0 aliphatic heterocycles. The molecule has 0 aliphatic rings. The molecule has 0 saturated heterocycles. The maximum atomic E-state index is 12.0. The average molecular weight is 280 g/mol. The van der Waals surface area contributed by atoms with Gasteiger partial charge in [-0.05, 0) is 44.0 Å². The van der Waals surface area contributed by atoms with Crippen LogP contribution in [0.25, 0.3) is 0 Å². The van der Waals surface area contributed by atoms with Gasteiger partial charge in [0.25, 0.3) is 0 Å². The molecule has 3 nitrogen and oxygen atoms in total. The molecule has 0 aliphatic carbocycles. The van der Waals surface area contributed by atoms with Gasteiger partial charge in [-0.15, -0.1) is 0 Å². The lowest BCUT2D eigenvalue weighted by atomic mass is 10.1. The smallest absolute Gasteiger partial charge is 0.239 e. The molecule has 0 amide bonds. The number of ketones is 1. The highest BCUT2D eigenvalue weighted by Crippen LogP contribution is 2.24.